The van der Waals surface area contributed by atoms with Crippen molar-refractivity contribution < 1.29 is 0 Å². The van der Waals surface area contributed by atoms with Gasteiger partial charge in [-0.15, -0.1) is 0 Å². The van der Waals surface area contributed by atoms with Gasteiger partial charge in [-0.1, -0.05) is 42.4 Å². The number of hydrogen-bond acceptors (Lipinski definition) is 5. The Bertz CT molecular complexity index is 1350. The first-order valence-corrected chi connectivity index (χ1v) is 10.6. The second-order valence-electron chi connectivity index (χ2n) is 6.71. The van der Waals surface area contributed by atoms with Crippen LogP contribution in [-0.2, 0) is 19.3 Å². The van der Waals surface area contributed by atoms with Gasteiger partial charge in [0, 0.05) is 18.6 Å². The molecule has 4 aromatic rings. The van der Waals surface area contributed by atoms with E-state index < -0.39 is 0 Å². The first-order valence-electron chi connectivity index (χ1n) is 9.27. The van der Waals surface area contributed by atoms with Crippen molar-refractivity contribution in [3.8, 4) is 0 Å². The lowest BCUT2D eigenvalue weighted by molar-refractivity contribution is 0.584. The lowest BCUT2D eigenvalue weighted by Crippen LogP contribution is -2.24. The molecule has 2 aromatic carbocycles. The average Bonchev–Trinajstić information content (AvgIpc) is 2.72. The Morgan fingerprint density at radius 3 is 2.55 bits per heavy atom. The van der Waals surface area contributed by atoms with Crippen LogP contribution < -0.4 is 11.1 Å². The highest BCUT2D eigenvalue weighted by atomic mass is 35.5. The summed E-state index contributed by atoms with van der Waals surface area (Å²) in [5, 5.41) is 2.26. The Balaban J connectivity index is 1.77. The zero-order chi connectivity index (χ0) is 20.5. The van der Waals surface area contributed by atoms with Crippen LogP contribution in [0.5, 0.6) is 0 Å². The number of fused-ring (bicyclic) bond motifs is 2. The molecule has 0 N–H and O–H groups in total. The first kappa shape index (κ1) is 19.7. The largest absolute Gasteiger partial charge is 0.299 e. The van der Waals surface area contributed by atoms with Crippen molar-refractivity contribution in [2.45, 2.75) is 30.8 Å². The molecule has 6 nitrogen and oxygen atoms in total. The minimum atomic E-state index is -0.0876. The van der Waals surface area contributed by atoms with E-state index in [2.05, 4.69) is 9.97 Å². The van der Waals surface area contributed by atoms with Gasteiger partial charge >= 0.3 is 0 Å². The van der Waals surface area contributed by atoms with E-state index in [4.69, 9.17) is 11.6 Å². The monoisotopic (exact) mass is 426 g/mol. The number of para-hydroxylation sites is 1. The molecule has 8 heteroatoms. The van der Waals surface area contributed by atoms with Crippen LogP contribution in [0.1, 0.15) is 19.2 Å². The van der Waals surface area contributed by atoms with Crippen molar-refractivity contribution in [3.05, 3.63) is 74.0 Å². The quantitative estimate of drug-likeness (QED) is 0.356. The number of benzene rings is 2. The molecule has 0 radical (unpaired) electrons. The van der Waals surface area contributed by atoms with E-state index in [1.165, 1.54) is 11.8 Å². The second-order valence-corrected chi connectivity index (χ2v) is 8.09. The third kappa shape index (κ3) is 3.68. The van der Waals surface area contributed by atoms with E-state index >= 15 is 0 Å². The second kappa shape index (κ2) is 8.00. The Morgan fingerprint density at radius 1 is 1.00 bits per heavy atom. The van der Waals surface area contributed by atoms with Crippen LogP contribution in [-0.4, -0.2) is 19.1 Å². The summed E-state index contributed by atoms with van der Waals surface area (Å²) in [6.07, 6.45) is 0.807. The fourth-order valence-electron chi connectivity index (χ4n) is 3.23. The zero-order valence-electron chi connectivity index (χ0n) is 16.1. The summed E-state index contributed by atoms with van der Waals surface area (Å²) < 4.78 is 3.23. The highest BCUT2D eigenvalue weighted by molar-refractivity contribution is 7.98. The summed E-state index contributed by atoms with van der Waals surface area (Å²) in [7, 11) is 1.71. The lowest BCUT2D eigenvalue weighted by atomic mass is 10.2. The molecule has 0 aliphatic carbocycles. The average molecular weight is 427 g/mol. The molecule has 0 atom stereocenters. The molecular weight excluding hydrogens is 408 g/mol. The standard InChI is InChI=1S/C21H19ClN4O2S/c1-3-10-26-20(28)15-9-8-13(22)11-17(15)24-21(26)29-12-18-23-16-7-5-4-6-14(16)19(27)25(18)2/h4-9,11H,3,10,12H2,1-2H3. The summed E-state index contributed by atoms with van der Waals surface area (Å²) in [5.74, 6) is 1.04. The molecule has 0 aliphatic heterocycles. The minimum Gasteiger partial charge on any atom is -0.299 e. The molecular formula is C21H19ClN4O2S. The number of thioether (sulfide) groups is 1. The van der Waals surface area contributed by atoms with E-state index in [1.807, 2.05) is 25.1 Å². The van der Waals surface area contributed by atoms with E-state index in [9.17, 15) is 9.59 Å². The molecule has 0 unspecified atom stereocenters. The molecule has 0 spiro atoms. The number of rotatable bonds is 5. The Hall–Kier alpha value is -2.64. The van der Waals surface area contributed by atoms with Crippen LogP contribution in [0.4, 0.5) is 0 Å². The predicted octanol–water partition coefficient (Wildman–Crippen LogP) is 4.00. The summed E-state index contributed by atoms with van der Waals surface area (Å²) in [6, 6.07) is 12.4. The maximum Gasteiger partial charge on any atom is 0.262 e. The maximum absolute atomic E-state index is 13.0. The van der Waals surface area contributed by atoms with Crippen LogP contribution in [0.2, 0.25) is 5.02 Å². The van der Waals surface area contributed by atoms with Crippen LogP contribution >= 0.6 is 23.4 Å². The topological polar surface area (TPSA) is 69.8 Å². The van der Waals surface area contributed by atoms with Gasteiger partial charge in [0.1, 0.15) is 5.82 Å². The van der Waals surface area contributed by atoms with Crippen molar-refractivity contribution >= 4 is 45.2 Å². The molecule has 0 saturated heterocycles. The van der Waals surface area contributed by atoms with Gasteiger partial charge in [-0.25, -0.2) is 9.97 Å². The van der Waals surface area contributed by atoms with Crippen LogP contribution in [0.25, 0.3) is 21.8 Å². The smallest absolute Gasteiger partial charge is 0.262 e. The van der Waals surface area contributed by atoms with Gasteiger partial charge in [0.05, 0.1) is 27.6 Å². The highest BCUT2D eigenvalue weighted by Gasteiger charge is 2.14. The Labute approximate surface area is 176 Å². The zero-order valence-corrected chi connectivity index (χ0v) is 17.6. The van der Waals surface area contributed by atoms with Gasteiger partial charge in [0.25, 0.3) is 11.1 Å². The lowest BCUT2D eigenvalue weighted by Gasteiger charge is -2.13. The van der Waals surface area contributed by atoms with Crippen LogP contribution in [0.3, 0.4) is 0 Å². The van der Waals surface area contributed by atoms with Gasteiger partial charge in [0.15, 0.2) is 5.16 Å². The molecule has 0 amide bonds. The third-order valence-electron chi connectivity index (χ3n) is 4.74. The van der Waals surface area contributed by atoms with Gasteiger partial charge in [0.2, 0.25) is 0 Å². The fourth-order valence-corrected chi connectivity index (χ4v) is 4.40. The Kier molecular flexibility index (Phi) is 5.43. The van der Waals surface area contributed by atoms with Gasteiger partial charge in [-0.2, -0.15) is 0 Å². The van der Waals surface area contributed by atoms with E-state index in [0.717, 1.165) is 6.42 Å². The molecule has 2 aromatic heterocycles. The van der Waals surface area contributed by atoms with Crippen molar-refractivity contribution in [3.63, 3.8) is 0 Å². The first-order chi connectivity index (χ1) is 14.0. The number of aromatic nitrogens is 4. The molecule has 0 aliphatic rings. The van der Waals surface area contributed by atoms with Crippen LogP contribution in [0, 0.1) is 0 Å². The molecule has 4 rings (SSSR count). The summed E-state index contributed by atoms with van der Waals surface area (Å²) in [4.78, 5) is 34.9. The number of nitrogens with zero attached hydrogens (tertiary/aromatic N) is 4. The third-order valence-corrected chi connectivity index (χ3v) is 5.94. The van der Waals surface area contributed by atoms with E-state index in [1.54, 1.807) is 40.4 Å². The minimum absolute atomic E-state index is 0.0867. The van der Waals surface area contributed by atoms with Crippen molar-refractivity contribution in [1.29, 1.82) is 0 Å². The number of hydrogen-bond donors (Lipinski definition) is 0. The van der Waals surface area contributed by atoms with E-state index in [-0.39, 0.29) is 11.1 Å². The van der Waals surface area contributed by atoms with Crippen molar-refractivity contribution in [2.75, 3.05) is 0 Å². The SMILES string of the molecule is CCCn1c(SCc2nc3ccccc3c(=O)n2C)nc2cc(Cl)ccc2c1=O. The van der Waals surface area contributed by atoms with Gasteiger partial charge in [-0.3, -0.25) is 18.7 Å². The molecule has 0 fully saturated rings. The molecule has 29 heavy (non-hydrogen) atoms. The highest BCUT2D eigenvalue weighted by Crippen LogP contribution is 2.23. The molecule has 148 valence electrons. The van der Waals surface area contributed by atoms with Crippen LogP contribution in [0.15, 0.2) is 57.2 Å². The van der Waals surface area contributed by atoms with Crippen molar-refractivity contribution in [2.24, 2.45) is 7.05 Å². The Morgan fingerprint density at radius 2 is 1.76 bits per heavy atom. The molecule has 2 heterocycles. The van der Waals surface area contributed by atoms with Crippen molar-refractivity contribution in [1.82, 2.24) is 19.1 Å². The molecule has 0 bridgehead atoms. The van der Waals surface area contributed by atoms with Gasteiger partial charge < -0.3 is 0 Å². The normalized spacial score (nSPS) is 11.4. The predicted molar refractivity (Wildman–Crippen MR) is 118 cm³/mol. The summed E-state index contributed by atoms with van der Waals surface area (Å²) in [5.41, 5.74) is 1.06. The maximum atomic E-state index is 13.0. The summed E-state index contributed by atoms with van der Waals surface area (Å²) >= 11 is 7.48. The van der Waals surface area contributed by atoms with E-state index in [0.29, 0.717) is 50.1 Å². The molecule has 0 saturated carbocycles. The number of halogens is 1. The fraction of sp³-hybridized carbons (Fsp3) is 0.238. The van der Waals surface area contributed by atoms with Gasteiger partial charge in [-0.05, 0) is 36.8 Å². The summed E-state index contributed by atoms with van der Waals surface area (Å²) in [6.45, 7) is 2.58.